The molecule has 0 saturated heterocycles. The lowest BCUT2D eigenvalue weighted by Gasteiger charge is -2.44. The predicted molar refractivity (Wildman–Crippen MR) is 233 cm³/mol. The Labute approximate surface area is 357 Å². The van der Waals surface area contributed by atoms with Gasteiger partial charge in [0.05, 0.1) is 19.3 Å². The molecule has 7 nitrogen and oxygen atoms in total. The highest BCUT2D eigenvalue weighted by Gasteiger charge is 2.74. The van der Waals surface area contributed by atoms with Crippen molar-refractivity contribution in [1.29, 1.82) is 0 Å². The largest absolute Gasteiger partial charge is 1.00 e. The number of Topliss-reactive ketones (excluding diaryl/α,β-unsaturated/α-hetero) is 3. The highest BCUT2D eigenvalue weighted by atomic mass is 35.5. The molecular weight excluding hydrogens is 734 g/mol. The van der Waals surface area contributed by atoms with Gasteiger partial charge in [-0.3, -0.25) is 14.4 Å². The molecule has 0 atom stereocenters. The van der Waals surface area contributed by atoms with Crippen LogP contribution in [0.5, 0.6) is 0 Å². The number of nitrogens with zero attached hydrogens (tertiary/aromatic N) is 1. The predicted octanol–water partition coefficient (Wildman–Crippen LogP) is 11.0. The van der Waals surface area contributed by atoms with Gasteiger partial charge < -0.3 is 12.4 Å². The molecule has 0 spiro atoms. The van der Waals surface area contributed by atoms with Gasteiger partial charge in [0, 0.05) is 19.3 Å². The maximum Gasteiger partial charge on any atom is 0.330 e. The van der Waals surface area contributed by atoms with Crippen LogP contribution in [0.15, 0.2) is 0 Å². The first kappa shape index (κ1) is 57.4. The molecule has 0 rings (SSSR count). The first-order chi connectivity index (χ1) is 27.1. The molecule has 0 aliphatic heterocycles. The summed E-state index contributed by atoms with van der Waals surface area (Å²) < 4.78 is -1.52. The zero-order valence-corrected chi connectivity index (χ0v) is 39.0. The Morgan fingerprint density at radius 1 is 0.281 bits per heavy atom. The van der Waals surface area contributed by atoms with Crippen LogP contribution in [-0.4, -0.2) is 45.1 Å². The molecule has 0 aliphatic carbocycles. The summed E-state index contributed by atoms with van der Waals surface area (Å²) in [5.41, 5.74) is -2.65. The lowest BCUT2D eigenvalue weighted by Crippen LogP contribution is -3.00. The van der Waals surface area contributed by atoms with Crippen LogP contribution in [0.3, 0.4) is 0 Å². The molecule has 0 aliphatic rings. The first-order valence-electron chi connectivity index (χ1n) is 24.2. The van der Waals surface area contributed by atoms with Crippen LogP contribution in [0.2, 0.25) is 0 Å². The molecule has 0 aromatic heterocycles. The van der Waals surface area contributed by atoms with E-state index in [0.29, 0.717) is 38.5 Å². The third-order valence-corrected chi connectivity index (χ3v) is 11.8. The summed E-state index contributed by atoms with van der Waals surface area (Å²) in [6, 6.07) is 0. The van der Waals surface area contributed by atoms with Crippen molar-refractivity contribution < 1.29 is 45.7 Å². The molecule has 57 heavy (non-hydrogen) atoms. The summed E-state index contributed by atoms with van der Waals surface area (Å²) in [4.78, 5) is 92.0. The number of unbranched alkanes of at least 4 members (excludes halogenated alkanes) is 24. The van der Waals surface area contributed by atoms with Crippen molar-refractivity contribution in [2.75, 3.05) is 0 Å². The lowest BCUT2D eigenvalue weighted by atomic mass is 9.73. The van der Waals surface area contributed by atoms with E-state index in [1.807, 2.05) is 0 Å². The Balaban J connectivity index is 0. The van der Waals surface area contributed by atoms with Crippen LogP contribution >= 0.6 is 0 Å². The van der Waals surface area contributed by atoms with Crippen molar-refractivity contribution in [2.24, 2.45) is 0 Å². The number of carbonyl (C=O) groups is 6. The van der Waals surface area contributed by atoms with Crippen molar-refractivity contribution in [2.45, 2.75) is 278 Å². The fraction of sp³-hybridized carbons (Fsp3) is 0.878. The summed E-state index contributed by atoms with van der Waals surface area (Å²) >= 11 is 0. The van der Waals surface area contributed by atoms with Crippen molar-refractivity contribution in [3.63, 3.8) is 0 Å². The number of halogens is 1. The summed E-state index contributed by atoms with van der Waals surface area (Å²) in [5.74, 6) is -4.08. The van der Waals surface area contributed by atoms with Crippen LogP contribution < -0.4 is 12.4 Å². The molecule has 0 heterocycles. The van der Waals surface area contributed by atoms with Crippen LogP contribution in [-0.2, 0) is 28.8 Å². The number of rotatable bonds is 40. The minimum atomic E-state index is -2.65. The van der Waals surface area contributed by atoms with Crippen LogP contribution in [0.1, 0.15) is 273 Å². The Hall–Kier alpha value is -1.73. The number of carbonyl (C=O) groups excluding carboxylic acids is 6. The quantitative estimate of drug-likeness (QED) is 0.0346. The van der Waals surface area contributed by atoms with Gasteiger partial charge in [-0.1, -0.05) is 196 Å². The maximum atomic E-state index is 15.3. The van der Waals surface area contributed by atoms with Crippen molar-refractivity contribution >= 4 is 35.1 Å². The molecule has 0 fully saturated rings. The standard InChI is InChI=1S/C49H90NO6.ClH/c1-7-13-19-25-31-37-43(51)49(44(52)38-32-26-20-14-8-2,45(53)39-33-27-21-15-9-3)50(46(54)40-34-28-22-16-10-4,47(55)41-35-29-23-17-11-5)48(56)42-36-30-24-18-12-6;/h7-42H2,1-6H3;1H/q+1;/p-1. The zero-order valence-electron chi connectivity index (χ0n) is 38.2. The molecule has 0 N–H and O–H groups in total. The smallest absolute Gasteiger partial charge is 0.330 e. The van der Waals surface area contributed by atoms with E-state index in [-0.39, 0.29) is 50.9 Å². The minimum Gasteiger partial charge on any atom is -1.00 e. The SMILES string of the molecule is CCCCCCCC(=O)C(C(=O)CCCCCCC)(C(=O)CCCCCCC)[N+](C(=O)CCCCCCC)(C(=O)CCCCCCC)C(=O)CCCCCCC.[Cl-]. The van der Waals surface area contributed by atoms with Crippen molar-refractivity contribution in [3.05, 3.63) is 0 Å². The van der Waals surface area contributed by atoms with Gasteiger partial charge in [-0.05, 0) is 38.5 Å². The van der Waals surface area contributed by atoms with Gasteiger partial charge in [-0.2, -0.15) is 0 Å². The van der Waals surface area contributed by atoms with E-state index in [2.05, 4.69) is 41.5 Å². The minimum absolute atomic E-state index is 0. The molecule has 0 aromatic carbocycles. The molecule has 8 heteroatoms. The van der Waals surface area contributed by atoms with Crippen LogP contribution in [0, 0.1) is 0 Å². The summed E-state index contributed by atoms with van der Waals surface area (Å²) in [5, 5.41) is 0. The maximum absolute atomic E-state index is 15.3. The Bertz CT molecular complexity index is 875. The summed E-state index contributed by atoms with van der Waals surface area (Å²) in [7, 11) is 0. The summed E-state index contributed by atoms with van der Waals surface area (Å²) in [6.45, 7) is 12.7. The van der Waals surface area contributed by atoms with Crippen LogP contribution in [0.25, 0.3) is 0 Å². The van der Waals surface area contributed by atoms with E-state index in [1.54, 1.807) is 0 Å². The van der Waals surface area contributed by atoms with Gasteiger partial charge in [0.25, 0.3) is 5.54 Å². The van der Waals surface area contributed by atoms with Gasteiger partial charge in [-0.15, -0.1) is 4.48 Å². The van der Waals surface area contributed by atoms with E-state index >= 15 is 28.8 Å². The molecule has 3 amide bonds. The fourth-order valence-corrected chi connectivity index (χ4v) is 8.36. The highest BCUT2D eigenvalue weighted by Crippen LogP contribution is 2.39. The second-order valence-electron chi connectivity index (χ2n) is 16.8. The third kappa shape index (κ3) is 20.4. The molecule has 0 aromatic rings. The number of ketones is 3. The average Bonchev–Trinajstić information content (AvgIpc) is 3.18. The molecule has 0 bridgehead atoms. The summed E-state index contributed by atoms with van der Waals surface area (Å²) in [6.07, 6.45) is 24.3. The molecule has 0 unspecified atom stereocenters. The second kappa shape index (κ2) is 37.3. The van der Waals surface area contributed by atoms with Gasteiger partial charge in [0.2, 0.25) is 17.3 Å². The fourth-order valence-electron chi connectivity index (χ4n) is 8.36. The normalized spacial score (nSPS) is 11.7. The van der Waals surface area contributed by atoms with E-state index in [4.69, 9.17) is 0 Å². The lowest BCUT2D eigenvalue weighted by molar-refractivity contribution is -0.730. The van der Waals surface area contributed by atoms with Crippen molar-refractivity contribution in [1.82, 2.24) is 0 Å². The van der Waals surface area contributed by atoms with E-state index in [9.17, 15) is 0 Å². The number of hydrogen-bond donors (Lipinski definition) is 0. The molecular formula is C49H90ClNO6. The number of quaternary nitrogens is 1. The van der Waals surface area contributed by atoms with Crippen LogP contribution in [0.4, 0.5) is 0 Å². The average molecular weight is 825 g/mol. The van der Waals surface area contributed by atoms with Gasteiger partial charge in [0.1, 0.15) is 0 Å². The Morgan fingerprint density at radius 3 is 0.649 bits per heavy atom. The highest BCUT2D eigenvalue weighted by molar-refractivity contribution is 6.31. The van der Waals surface area contributed by atoms with E-state index in [1.165, 1.54) is 0 Å². The topological polar surface area (TPSA) is 102 Å². The van der Waals surface area contributed by atoms with E-state index < -0.39 is 45.1 Å². The number of hydrogen-bond acceptors (Lipinski definition) is 6. The molecule has 0 radical (unpaired) electrons. The second-order valence-corrected chi connectivity index (χ2v) is 16.8. The van der Waals surface area contributed by atoms with E-state index in [0.717, 1.165) is 154 Å². The zero-order chi connectivity index (χ0) is 41.9. The third-order valence-electron chi connectivity index (χ3n) is 11.8. The Morgan fingerprint density at radius 2 is 0.456 bits per heavy atom. The van der Waals surface area contributed by atoms with Gasteiger partial charge >= 0.3 is 17.7 Å². The monoisotopic (exact) mass is 824 g/mol. The first-order valence-corrected chi connectivity index (χ1v) is 24.2. The van der Waals surface area contributed by atoms with Crippen molar-refractivity contribution in [3.8, 4) is 0 Å². The number of amides is 3. The molecule has 334 valence electrons. The number of imide groups is 3. The molecule has 0 saturated carbocycles. The van der Waals surface area contributed by atoms with Gasteiger partial charge in [0.15, 0.2) is 0 Å². The van der Waals surface area contributed by atoms with Gasteiger partial charge in [-0.25, -0.2) is 14.4 Å². The Kier molecular flexibility index (Phi) is 37.5.